The highest BCUT2D eigenvalue weighted by molar-refractivity contribution is 5.97. The summed E-state index contributed by atoms with van der Waals surface area (Å²) in [7, 11) is 2.02. The number of pyridine rings is 1. The minimum atomic E-state index is -0.947. The molecule has 0 spiro atoms. The summed E-state index contributed by atoms with van der Waals surface area (Å²) in [5.74, 6) is -0.0865. The van der Waals surface area contributed by atoms with Crippen LogP contribution >= 0.6 is 0 Å². The lowest BCUT2D eigenvalue weighted by Gasteiger charge is -2.34. The Labute approximate surface area is 199 Å². The van der Waals surface area contributed by atoms with Gasteiger partial charge in [-0.25, -0.2) is 0 Å². The third kappa shape index (κ3) is 4.73. The number of rotatable bonds is 6. The van der Waals surface area contributed by atoms with Gasteiger partial charge in [-0.1, -0.05) is 19.9 Å². The van der Waals surface area contributed by atoms with E-state index in [0.29, 0.717) is 30.3 Å². The second kappa shape index (κ2) is 9.78. The molecule has 0 saturated carbocycles. The fourth-order valence-corrected chi connectivity index (χ4v) is 4.72. The quantitative estimate of drug-likeness (QED) is 0.569. The largest absolute Gasteiger partial charge is 0.383 e. The average molecular weight is 459 g/mol. The third-order valence-corrected chi connectivity index (χ3v) is 6.76. The summed E-state index contributed by atoms with van der Waals surface area (Å²) in [6, 6.07) is 11.2. The Balaban J connectivity index is 1.52. The maximum atomic E-state index is 12.8. The molecule has 176 valence electrons. The van der Waals surface area contributed by atoms with Crippen LogP contribution in [0.15, 0.2) is 42.7 Å². The van der Waals surface area contributed by atoms with Crippen molar-refractivity contribution in [2.45, 2.75) is 45.1 Å². The second-order valence-electron chi connectivity index (χ2n) is 9.48. The maximum Gasteiger partial charge on any atom is 0.251 e. The van der Waals surface area contributed by atoms with E-state index in [1.54, 1.807) is 11.0 Å². The van der Waals surface area contributed by atoms with Crippen LogP contribution in [0.2, 0.25) is 0 Å². The number of carbonyl (C=O) groups excluding carboxylic acids is 2. The number of aryl methyl sites for hydroxylation is 1. The van der Waals surface area contributed by atoms with E-state index in [1.165, 1.54) is 17.8 Å². The Hall–Kier alpha value is -3.50. The number of amides is 1. The van der Waals surface area contributed by atoms with Crippen molar-refractivity contribution < 1.29 is 14.7 Å². The molecule has 7 heteroatoms. The number of hydrogen-bond donors (Lipinski definition) is 1. The van der Waals surface area contributed by atoms with Crippen LogP contribution in [-0.4, -0.2) is 50.4 Å². The minimum Gasteiger partial charge on any atom is -0.383 e. The molecule has 1 aromatic carbocycles. The van der Waals surface area contributed by atoms with Gasteiger partial charge in [-0.2, -0.15) is 5.26 Å². The third-order valence-electron chi connectivity index (χ3n) is 6.76. The summed E-state index contributed by atoms with van der Waals surface area (Å²) in [5, 5.41) is 20.4. The number of nitrogens with zero attached hydrogens (tertiary/aromatic N) is 4. The fraction of sp³-hybridized carbons (Fsp3) is 0.407. The first-order valence-electron chi connectivity index (χ1n) is 11.7. The van der Waals surface area contributed by atoms with E-state index in [2.05, 4.69) is 21.8 Å². The molecule has 1 aliphatic rings. The number of piperidine rings is 1. The molecule has 0 bridgehead atoms. The topological polar surface area (TPSA) is 99.2 Å². The van der Waals surface area contributed by atoms with Gasteiger partial charge in [0.2, 0.25) is 0 Å². The van der Waals surface area contributed by atoms with Crippen LogP contribution in [0, 0.1) is 17.2 Å². The molecule has 1 amide bonds. The van der Waals surface area contributed by atoms with Gasteiger partial charge in [-0.05, 0) is 60.1 Å². The molecule has 1 aliphatic heterocycles. The maximum absolute atomic E-state index is 12.8. The highest BCUT2D eigenvalue weighted by Crippen LogP contribution is 2.35. The van der Waals surface area contributed by atoms with Crippen molar-refractivity contribution in [3.63, 3.8) is 0 Å². The van der Waals surface area contributed by atoms with Crippen LogP contribution in [0.1, 0.15) is 59.8 Å². The number of carbonyl (C=O) groups is 2. The molecule has 34 heavy (non-hydrogen) atoms. The highest BCUT2D eigenvalue weighted by atomic mass is 16.3. The number of likely N-dealkylation sites (tertiary alicyclic amines) is 1. The van der Waals surface area contributed by atoms with E-state index in [-0.39, 0.29) is 24.0 Å². The van der Waals surface area contributed by atoms with Crippen molar-refractivity contribution in [3.05, 3.63) is 65.1 Å². The van der Waals surface area contributed by atoms with E-state index in [9.17, 15) is 14.7 Å². The van der Waals surface area contributed by atoms with Gasteiger partial charge in [0, 0.05) is 49.9 Å². The molecule has 3 aromatic rings. The first kappa shape index (κ1) is 23.7. The predicted molar refractivity (Wildman–Crippen MR) is 129 cm³/mol. The number of ketones is 1. The molecule has 0 radical (unpaired) electrons. The zero-order valence-corrected chi connectivity index (χ0v) is 19.9. The normalized spacial score (nSPS) is 15.5. The molecule has 0 aliphatic carbocycles. The smallest absolute Gasteiger partial charge is 0.251 e. The molecule has 7 nitrogen and oxygen atoms in total. The number of hydrogen-bond acceptors (Lipinski definition) is 5. The molecule has 1 saturated heterocycles. The van der Waals surface area contributed by atoms with Gasteiger partial charge in [0.1, 0.15) is 11.8 Å². The van der Waals surface area contributed by atoms with Crippen molar-refractivity contribution >= 4 is 22.6 Å². The van der Waals surface area contributed by atoms with Crippen molar-refractivity contribution in [2.24, 2.45) is 13.0 Å². The summed E-state index contributed by atoms with van der Waals surface area (Å²) < 4.78 is 2.11. The lowest BCUT2D eigenvalue weighted by Crippen LogP contribution is -2.45. The standard InChI is InChI=1S/C27H30N4O3/c1-17(2)26(33)27(34)31-10-7-20(8-11-31)22-16-30(3)24-5-4-18(12-21(22)24)14-25(32)23-13-19(15-28)6-9-29-23/h4-6,9,12-13,16-17,20,26,33H,7-8,10-11,14H2,1-3H3. The van der Waals surface area contributed by atoms with Crippen molar-refractivity contribution in [1.82, 2.24) is 14.5 Å². The molecule has 4 rings (SSSR count). The summed E-state index contributed by atoms with van der Waals surface area (Å²) in [4.78, 5) is 31.2. The van der Waals surface area contributed by atoms with Crippen LogP contribution in [0.4, 0.5) is 0 Å². The van der Waals surface area contributed by atoms with Gasteiger partial charge in [-0.15, -0.1) is 0 Å². The number of benzene rings is 1. The second-order valence-corrected chi connectivity index (χ2v) is 9.48. The molecular weight excluding hydrogens is 428 g/mol. The van der Waals surface area contributed by atoms with E-state index in [4.69, 9.17) is 5.26 Å². The summed E-state index contributed by atoms with van der Waals surface area (Å²) in [6.07, 6.45) is 4.58. The number of nitriles is 1. The van der Waals surface area contributed by atoms with Crippen molar-refractivity contribution in [1.29, 1.82) is 5.26 Å². The molecule has 1 N–H and O–H groups in total. The Morgan fingerprint density at radius 1 is 1.21 bits per heavy atom. The Bertz CT molecular complexity index is 1260. The monoisotopic (exact) mass is 458 g/mol. The number of aliphatic hydroxyl groups excluding tert-OH is 1. The zero-order chi connectivity index (χ0) is 24.4. The van der Waals surface area contributed by atoms with E-state index < -0.39 is 6.10 Å². The Kier molecular flexibility index (Phi) is 6.80. The van der Waals surface area contributed by atoms with Crippen LogP contribution < -0.4 is 0 Å². The van der Waals surface area contributed by atoms with Crippen LogP contribution in [0.5, 0.6) is 0 Å². The highest BCUT2D eigenvalue weighted by Gasteiger charge is 2.30. The van der Waals surface area contributed by atoms with Gasteiger partial charge in [0.15, 0.2) is 5.78 Å². The number of Topliss-reactive ketones (excluding diaryl/α,β-unsaturated/α-hetero) is 1. The van der Waals surface area contributed by atoms with E-state index in [1.807, 2.05) is 39.1 Å². The zero-order valence-electron chi connectivity index (χ0n) is 19.9. The van der Waals surface area contributed by atoms with Crippen LogP contribution in [-0.2, 0) is 18.3 Å². The molecule has 3 heterocycles. The van der Waals surface area contributed by atoms with Gasteiger partial charge in [-0.3, -0.25) is 14.6 Å². The molecular formula is C27H30N4O3. The lowest BCUT2D eigenvalue weighted by atomic mass is 9.88. The lowest BCUT2D eigenvalue weighted by molar-refractivity contribution is -0.143. The molecule has 1 atom stereocenters. The van der Waals surface area contributed by atoms with Gasteiger partial charge < -0.3 is 14.6 Å². The average Bonchev–Trinajstić information content (AvgIpc) is 3.18. The van der Waals surface area contributed by atoms with Gasteiger partial charge in [0.25, 0.3) is 5.91 Å². The summed E-state index contributed by atoms with van der Waals surface area (Å²) in [5.41, 5.74) is 3.96. The minimum absolute atomic E-state index is 0.0954. The molecule has 1 unspecified atom stereocenters. The van der Waals surface area contributed by atoms with Crippen molar-refractivity contribution in [2.75, 3.05) is 13.1 Å². The van der Waals surface area contributed by atoms with Gasteiger partial charge in [0.05, 0.1) is 11.6 Å². The van der Waals surface area contributed by atoms with Crippen LogP contribution in [0.25, 0.3) is 10.9 Å². The van der Waals surface area contributed by atoms with Crippen molar-refractivity contribution in [3.8, 4) is 6.07 Å². The van der Waals surface area contributed by atoms with Crippen LogP contribution in [0.3, 0.4) is 0 Å². The van der Waals surface area contributed by atoms with Gasteiger partial charge >= 0.3 is 0 Å². The Morgan fingerprint density at radius 3 is 2.62 bits per heavy atom. The van der Waals surface area contributed by atoms with E-state index >= 15 is 0 Å². The first-order chi connectivity index (χ1) is 16.3. The molecule has 2 aromatic heterocycles. The number of aliphatic hydroxyl groups is 1. The van der Waals surface area contributed by atoms with E-state index in [0.717, 1.165) is 29.3 Å². The fourth-order valence-electron chi connectivity index (χ4n) is 4.72. The summed E-state index contributed by atoms with van der Waals surface area (Å²) >= 11 is 0. The first-order valence-corrected chi connectivity index (χ1v) is 11.7. The number of aromatic nitrogens is 2. The Morgan fingerprint density at radius 2 is 1.94 bits per heavy atom. The molecule has 1 fully saturated rings. The SMILES string of the molecule is CC(C)C(O)C(=O)N1CCC(c2cn(C)c3ccc(CC(=O)c4cc(C#N)ccn4)cc23)CC1. The number of fused-ring (bicyclic) bond motifs is 1. The summed E-state index contributed by atoms with van der Waals surface area (Å²) in [6.45, 7) is 4.96. The predicted octanol–water partition coefficient (Wildman–Crippen LogP) is 3.59.